The van der Waals surface area contributed by atoms with Crippen molar-refractivity contribution in [1.29, 1.82) is 0 Å². The van der Waals surface area contributed by atoms with E-state index >= 15 is 0 Å². The molecule has 0 aromatic heterocycles. The first-order chi connectivity index (χ1) is 17.6. The first kappa shape index (κ1) is 24.6. The third-order valence-corrected chi connectivity index (χ3v) is 6.75. The van der Waals surface area contributed by atoms with E-state index in [2.05, 4.69) is 4.74 Å². The van der Waals surface area contributed by atoms with E-state index in [0.717, 1.165) is 53.8 Å². The van der Waals surface area contributed by atoms with Crippen molar-refractivity contribution >= 4 is 23.1 Å². The summed E-state index contributed by atoms with van der Waals surface area (Å²) in [4.78, 5) is 27.8. The SMILES string of the molecule is Cc1cccc(C2/C(=C(/O)c3ccc4c(c3)CCCC4)C(=O)C(=O)N2c2cccc(OC(F)(F)F)c2)c1. The molecule has 2 aliphatic rings. The number of nitrogens with zero attached hydrogens (tertiary/aromatic N) is 1. The van der Waals surface area contributed by atoms with Gasteiger partial charge < -0.3 is 9.84 Å². The molecule has 1 saturated heterocycles. The number of fused-ring (bicyclic) bond motifs is 1. The molecule has 1 heterocycles. The van der Waals surface area contributed by atoms with Crippen molar-refractivity contribution in [3.05, 3.63) is 100 Å². The first-order valence-corrected chi connectivity index (χ1v) is 12.0. The van der Waals surface area contributed by atoms with E-state index in [-0.39, 0.29) is 17.0 Å². The van der Waals surface area contributed by atoms with E-state index in [9.17, 15) is 27.9 Å². The van der Waals surface area contributed by atoms with Gasteiger partial charge in [0.2, 0.25) is 0 Å². The topological polar surface area (TPSA) is 66.8 Å². The predicted octanol–water partition coefficient (Wildman–Crippen LogP) is 6.40. The van der Waals surface area contributed by atoms with Gasteiger partial charge in [-0.1, -0.05) is 48.0 Å². The maximum atomic E-state index is 13.4. The highest BCUT2D eigenvalue weighted by Gasteiger charge is 2.47. The van der Waals surface area contributed by atoms with Crippen LogP contribution < -0.4 is 9.64 Å². The van der Waals surface area contributed by atoms with Crippen LogP contribution in [0.3, 0.4) is 0 Å². The molecule has 0 spiro atoms. The Hall–Kier alpha value is -4.07. The molecule has 3 aromatic carbocycles. The zero-order valence-corrected chi connectivity index (χ0v) is 20.0. The number of rotatable bonds is 4. The van der Waals surface area contributed by atoms with Gasteiger partial charge in [0.15, 0.2) is 0 Å². The van der Waals surface area contributed by atoms with E-state index in [0.29, 0.717) is 11.1 Å². The Labute approximate surface area is 211 Å². The Kier molecular flexibility index (Phi) is 6.27. The monoisotopic (exact) mass is 507 g/mol. The van der Waals surface area contributed by atoms with Gasteiger partial charge in [0.1, 0.15) is 11.5 Å². The van der Waals surface area contributed by atoms with Crippen molar-refractivity contribution in [3.8, 4) is 5.75 Å². The number of Topliss-reactive ketones (excluding diaryl/α,β-unsaturated/α-hetero) is 1. The van der Waals surface area contributed by atoms with Crippen molar-refractivity contribution in [2.45, 2.75) is 45.0 Å². The van der Waals surface area contributed by atoms with Gasteiger partial charge in [-0.3, -0.25) is 14.5 Å². The summed E-state index contributed by atoms with van der Waals surface area (Å²) in [7, 11) is 0. The Morgan fingerprint density at radius 1 is 0.946 bits per heavy atom. The largest absolute Gasteiger partial charge is 0.573 e. The van der Waals surface area contributed by atoms with Crippen molar-refractivity contribution in [3.63, 3.8) is 0 Å². The second-order valence-corrected chi connectivity index (χ2v) is 9.32. The number of amides is 1. The molecular weight excluding hydrogens is 483 g/mol. The normalized spacial score (nSPS) is 19.1. The van der Waals surface area contributed by atoms with Crippen LogP contribution in [0.1, 0.15) is 46.7 Å². The van der Waals surface area contributed by atoms with E-state index in [1.165, 1.54) is 17.7 Å². The molecule has 1 unspecified atom stereocenters. The Bertz CT molecular complexity index is 1430. The maximum absolute atomic E-state index is 13.4. The Morgan fingerprint density at radius 3 is 2.41 bits per heavy atom. The summed E-state index contributed by atoms with van der Waals surface area (Å²) in [5, 5.41) is 11.4. The lowest BCUT2D eigenvalue weighted by Crippen LogP contribution is -2.29. The molecule has 3 aromatic rings. The Morgan fingerprint density at radius 2 is 1.68 bits per heavy atom. The quantitative estimate of drug-likeness (QED) is 0.252. The molecule has 0 radical (unpaired) electrons. The lowest BCUT2D eigenvalue weighted by molar-refractivity contribution is -0.274. The van der Waals surface area contributed by atoms with Gasteiger partial charge in [-0.15, -0.1) is 13.2 Å². The molecule has 1 aliphatic carbocycles. The Balaban J connectivity index is 1.66. The van der Waals surface area contributed by atoms with E-state index in [4.69, 9.17) is 0 Å². The highest BCUT2D eigenvalue weighted by atomic mass is 19.4. The molecule has 1 atom stereocenters. The van der Waals surface area contributed by atoms with E-state index < -0.39 is 29.8 Å². The molecule has 5 nitrogen and oxygen atoms in total. The van der Waals surface area contributed by atoms with Crippen LogP contribution in [-0.4, -0.2) is 23.2 Å². The fraction of sp³-hybridized carbons (Fsp3) is 0.241. The summed E-state index contributed by atoms with van der Waals surface area (Å²) < 4.78 is 42.6. The molecule has 1 amide bonds. The van der Waals surface area contributed by atoms with Crippen LogP contribution in [0, 0.1) is 6.92 Å². The van der Waals surface area contributed by atoms with Gasteiger partial charge in [0.05, 0.1) is 11.6 Å². The summed E-state index contributed by atoms with van der Waals surface area (Å²) in [5.41, 5.74) is 4.03. The van der Waals surface area contributed by atoms with Crippen LogP contribution in [0.4, 0.5) is 18.9 Å². The van der Waals surface area contributed by atoms with Crippen LogP contribution in [0.15, 0.2) is 72.3 Å². The summed E-state index contributed by atoms with van der Waals surface area (Å²) >= 11 is 0. The minimum absolute atomic E-state index is 0.0415. The second kappa shape index (κ2) is 9.42. The first-order valence-electron chi connectivity index (χ1n) is 12.0. The summed E-state index contributed by atoms with van der Waals surface area (Å²) in [6.45, 7) is 1.84. The number of alkyl halides is 3. The zero-order valence-electron chi connectivity index (χ0n) is 20.0. The third kappa shape index (κ3) is 4.83. The smallest absolute Gasteiger partial charge is 0.507 e. The average Bonchev–Trinajstić information content (AvgIpc) is 3.13. The highest BCUT2D eigenvalue weighted by Crippen LogP contribution is 2.43. The van der Waals surface area contributed by atoms with Crippen molar-refractivity contribution in [1.82, 2.24) is 0 Å². The molecule has 0 saturated carbocycles. The molecule has 5 rings (SSSR count). The van der Waals surface area contributed by atoms with Crippen molar-refractivity contribution < 1.29 is 32.6 Å². The molecule has 1 aliphatic heterocycles. The highest BCUT2D eigenvalue weighted by molar-refractivity contribution is 6.51. The minimum atomic E-state index is -4.92. The van der Waals surface area contributed by atoms with Crippen LogP contribution >= 0.6 is 0 Å². The predicted molar refractivity (Wildman–Crippen MR) is 132 cm³/mol. The molecule has 1 N–H and O–H groups in total. The molecule has 1 fully saturated rings. The molecule has 8 heteroatoms. The zero-order chi connectivity index (χ0) is 26.3. The number of hydrogen-bond acceptors (Lipinski definition) is 4. The lowest BCUT2D eigenvalue weighted by Gasteiger charge is -2.26. The standard InChI is InChI=1S/C29H24F3NO4/c1-17-6-4-9-20(14-17)25-24(26(34)21-13-12-18-7-2-3-8-19(18)15-21)27(35)28(36)33(25)22-10-5-11-23(16-22)37-29(30,31)32/h4-6,9-16,25,34H,2-3,7-8H2,1H3/b26-24-. The molecule has 190 valence electrons. The van der Waals surface area contributed by atoms with Crippen LogP contribution in [-0.2, 0) is 22.4 Å². The number of ether oxygens (including phenoxy) is 1. The summed E-state index contributed by atoms with van der Waals surface area (Å²) in [6, 6.07) is 16.5. The van der Waals surface area contributed by atoms with Gasteiger partial charge in [-0.05, 0) is 67.5 Å². The van der Waals surface area contributed by atoms with Gasteiger partial charge in [0, 0.05) is 17.3 Å². The number of carbonyl (C=O) groups excluding carboxylic acids is 2. The van der Waals surface area contributed by atoms with Gasteiger partial charge in [0.25, 0.3) is 11.7 Å². The van der Waals surface area contributed by atoms with Crippen molar-refractivity contribution in [2.24, 2.45) is 0 Å². The molecule has 37 heavy (non-hydrogen) atoms. The van der Waals surface area contributed by atoms with Crippen LogP contribution in [0.5, 0.6) is 5.75 Å². The van der Waals surface area contributed by atoms with Gasteiger partial charge >= 0.3 is 6.36 Å². The number of halogens is 3. The number of hydrogen-bond donors (Lipinski definition) is 1. The summed E-state index contributed by atoms with van der Waals surface area (Å²) in [5.74, 6) is -2.70. The van der Waals surface area contributed by atoms with Gasteiger partial charge in [-0.2, -0.15) is 0 Å². The molecule has 0 bridgehead atoms. The average molecular weight is 508 g/mol. The third-order valence-electron chi connectivity index (χ3n) is 6.75. The summed E-state index contributed by atoms with van der Waals surface area (Å²) in [6.07, 6.45) is -0.997. The van der Waals surface area contributed by atoms with Crippen molar-refractivity contribution in [2.75, 3.05) is 4.90 Å². The van der Waals surface area contributed by atoms with Crippen LogP contribution in [0.2, 0.25) is 0 Å². The van der Waals surface area contributed by atoms with Crippen LogP contribution in [0.25, 0.3) is 5.76 Å². The number of aryl methyl sites for hydroxylation is 3. The fourth-order valence-corrected chi connectivity index (χ4v) is 5.12. The van der Waals surface area contributed by atoms with Gasteiger partial charge in [-0.25, -0.2) is 0 Å². The van der Waals surface area contributed by atoms with E-state index in [1.807, 2.05) is 25.1 Å². The number of aliphatic hydroxyl groups excluding tert-OH is 1. The number of anilines is 1. The number of ketones is 1. The number of aliphatic hydroxyl groups is 1. The second-order valence-electron chi connectivity index (χ2n) is 9.32. The fourth-order valence-electron chi connectivity index (χ4n) is 5.12. The number of benzene rings is 3. The number of carbonyl (C=O) groups is 2. The van der Waals surface area contributed by atoms with E-state index in [1.54, 1.807) is 24.3 Å². The minimum Gasteiger partial charge on any atom is -0.507 e. The molecular formula is C29H24F3NO4. The maximum Gasteiger partial charge on any atom is 0.573 e. The lowest BCUT2D eigenvalue weighted by atomic mass is 9.88.